The molecule has 0 unspecified atom stereocenters. The number of amides is 2. The van der Waals surface area contributed by atoms with Crippen LogP contribution in [-0.2, 0) is 0 Å². The molecular formula is C23H20N5O2+. The lowest BCUT2D eigenvalue weighted by Crippen LogP contribution is -2.82. The molecular weight excluding hydrogens is 378 g/mol. The van der Waals surface area contributed by atoms with Crippen molar-refractivity contribution in [1.29, 1.82) is 0 Å². The Bertz CT molecular complexity index is 1250. The van der Waals surface area contributed by atoms with Crippen LogP contribution in [-0.4, -0.2) is 21.8 Å². The summed E-state index contributed by atoms with van der Waals surface area (Å²) in [5.41, 5.74) is 8.41. The van der Waals surface area contributed by atoms with E-state index < -0.39 is 0 Å². The van der Waals surface area contributed by atoms with Gasteiger partial charge in [-0.15, -0.1) is 0 Å². The van der Waals surface area contributed by atoms with Crippen molar-refractivity contribution in [2.24, 2.45) is 0 Å². The lowest BCUT2D eigenvalue weighted by Gasteiger charge is -2.09. The number of quaternary nitrogens is 1. The van der Waals surface area contributed by atoms with Crippen LogP contribution in [0.25, 0.3) is 10.8 Å². The van der Waals surface area contributed by atoms with E-state index in [0.29, 0.717) is 22.5 Å². The molecule has 4 rings (SSSR count). The molecule has 0 bridgehead atoms. The summed E-state index contributed by atoms with van der Waals surface area (Å²) in [4.78, 5) is 33.2. The molecule has 0 aliphatic heterocycles. The number of primary amides is 1. The molecule has 3 aromatic carbocycles. The van der Waals surface area contributed by atoms with Gasteiger partial charge in [0, 0.05) is 11.6 Å². The number of carbonyl (C=O) groups excluding carboxylic acids is 2. The number of nitrogen functional groups attached to an aromatic ring is 1. The van der Waals surface area contributed by atoms with Crippen LogP contribution in [0.3, 0.4) is 0 Å². The molecule has 0 aliphatic carbocycles. The quantitative estimate of drug-likeness (QED) is 0.457. The third-order valence-electron chi connectivity index (χ3n) is 4.77. The van der Waals surface area contributed by atoms with E-state index in [9.17, 15) is 9.59 Å². The Morgan fingerprint density at radius 1 is 0.933 bits per heavy atom. The van der Waals surface area contributed by atoms with Gasteiger partial charge >= 0.3 is 5.91 Å². The van der Waals surface area contributed by atoms with Crippen molar-refractivity contribution in [3.05, 3.63) is 89.7 Å². The van der Waals surface area contributed by atoms with Gasteiger partial charge in [0.05, 0.1) is 23.6 Å². The van der Waals surface area contributed by atoms with Gasteiger partial charge in [-0.2, -0.15) is 0 Å². The summed E-state index contributed by atoms with van der Waals surface area (Å²) in [6.07, 6.45) is 2.88. The lowest BCUT2D eigenvalue weighted by molar-refractivity contribution is -0.464. The fourth-order valence-corrected chi connectivity index (χ4v) is 3.15. The SMILES string of the molecule is Cc1ccc([NH2+]C(=O)c2ccc3ccccc3c2)cc1C(=O)Nc1cnc(N)nc1. The van der Waals surface area contributed by atoms with Crippen LogP contribution in [0.4, 0.5) is 17.3 Å². The van der Waals surface area contributed by atoms with Crippen LogP contribution in [0.15, 0.2) is 73.1 Å². The third-order valence-corrected chi connectivity index (χ3v) is 4.77. The zero-order valence-electron chi connectivity index (χ0n) is 16.3. The Kier molecular flexibility index (Phi) is 5.19. The number of nitrogens with one attached hydrogen (secondary N) is 1. The Hall–Kier alpha value is -4.10. The number of aromatic nitrogens is 2. The van der Waals surface area contributed by atoms with Gasteiger partial charge in [0.2, 0.25) is 5.95 Å². The van der Waals surface area contributed by atoms with Crippen molar-refractivity contribution in [2.75, 3.05) is 11.1 Å². The Morgan fingerprint density at radius 2 is 1.67 bits per heavy atom. The van der Waals surface area contributed by atoms with Crippen LogP contribution in [0.5, 0.6) is 0 Å². The number of hydrogen-bond donors (Lipinski definition) is 3. The third kappa shape index (κ3) is 4.16. The van der Waals surface area contributed by atoms with Crippen molar-refractivity contribution in [3.8, 4) is 0 Å². The smallest absolute Gasteiger partial charge is 0.347 e. The minimum absolute atomic E-state index is 0.122. The second-order valence-electron chi connectivity index (χ2n) is 6.93. The van der Waals surface area contributed by atoms with Crippen molar-refractivity contribution >= 4 is 39.9 Å². The number of hydrogen-bond acceptors (Lipinski definition) is 5. The van der Waals surface area contributed by atoms with Gasteiger partial charge in [-0.05, 0) is 41.5 Å². The molecule has 7 nitrogen and oxygen atoms in total. The van der Waals surface area contributed by atoms with Gasteiger partial charge in [0.25, 0.3) is 5.91 Å². The standard InChI is InChI=1S/C23H19N5O2/c1-14-6-9-18(11-20(14)22(30)28-19-12-25-23(24)26-13-19)27-21(29)17-8-7-15-4-2-3-5-16(15)10-17/h2-13H,1H3,(H,27,29)(H,28,30)(H2,24,25,26)/p+1. The van der Waals surface area contributed by atoms with Gasteiger partial charge in [-0.25, -0.2) is 20.1 Å². The topological polar surface area (TPSA) is 115 Å². The maximum absolute atomic E-state index is 12.8. The van der Waals surface area contributed by atoms with Crippen molar-refractivity contribution < 1.29 is 14.9 Å². The predicted molar refractivity (Wildman–Crippen MR) is 115 cm³/mol. The summed E-state index contributed by atoms with van der Waals surface area (Å²) in [5, 5.41) is 6.36. The van der Waals surface area contributed by atoms with Crippen LogP contribution < -0.4 is 16.4 Å². The molecule has 0 atom stereocenters. The van der Waals surface area contributed by atoms with Crippen molar-refractivity contribution in [3.63, 3.8) is 0 Å². The monoisotopic (exact) mass is 398 g/mol. The molecule has 0 aliphatic rings. The fourth-order valence-electron chi connectivity index (χ4n) is 3.15. The van der Waals surface area contributed by atoms with E-state index >= 15 is 0 Å². The molecule has 1 aromatic heterocycles. The summed E-state index contributed by atoms with van der Waals surface area (Å²) >= 11 is 0. The number of carbonyl (C=O) groups is 2. The number of fused-ring (bicyclic) bond motifs is 1. The summed E-state index contributed by atoms with van der Waals surface area (Å²) in [6.45, 7) is 1.84. The summed E-state index contributed by atoms with van der Waals surface area (Å²) < 4.78 is 0. The second-order valence-corrected chi connectivity index (χ2v) is 6.93. The van der Waals surface area contributed by atoms with Crippen LogP contribution >= 0.6 is 0 Å². The number of rotatable bonds is 4. The fraction of sp³-hybridized carbons (Fsp3) is 0.0435. The molecule has 5 N–H and O–H groups in total. The zero-order valence-corrected chi connectivity index (χ0v) is 16.3. The molecule has 0 spiro atoms. The van der Waals surface area contributed by atoms with E-state index in [1.807, 2.05) is 61.5 Å². The second kappa shape index (κ2) is 8.10. The zero-order chi connectivity index (χ0) is 21.1. The normalized spacial score (nSPS) is 10.7. The van der Waals surface area contributed by atoms with Gasteiger partial charge in [0.15, 0.2) is 0 Å². The van der Waals surface area contributed by atoms with E-state index in [0.717, 1.165) is 16.3 Å². The predicted octanol–water partition coefficient (Wildman–Crippen LogP) is 2.81. The van der Waals surface area contributed by atoms with E-state index in [2.05, 4.69) is 15.3 Å². The summed E-state index contributed by atoms with van der Waals surface area (Å²) in [6, 6.07) is 18.8. The Balaban J connectivity index is 1.53. The lowest BCUT2D eigenvalue weighted by atomic mass is 10.1. The number of nitrogens with two attached hydrogens (primary N) is 2. The minimum Gasteiger partial charge on any atom is -0.368 e. The average Bonchev–Trinajstić information content (AvgIpc) is 2.76. The first-order chi connectivity index (χ1) is 14.5. The van der Waals surface area contributed by atoms with Crippen molar-refractivity contribution in [1.82, 2.24) is 9.97 Å². The highest BCUT2D eigenvalue weighted by Gasteiger charge is 2.16. The number of aryl methyl sites for hydroxylation is 1. The van der Waals surface area contributed by atoms with Crippen molar-refractivity contribution in [2.45, 2.75) is 6.92 Å². The number of anilines is 2. The Morgan fingerprint density at radius 3 is 2.43 bits per heavy atom. The number of nitrogens with zero attached hydrogens (tertiary/aromatic N) is 2. The first-order valence-electron chi connectivity index (χ1n) is 9.37. The minimum atomic E-state index is -0.311. The first-order valence-corrected chi connectivity index (χ1v) is 9.37. The molecule has 0 saturated carbocycles. The molecule has 0 saturated heterocycles. The first kappa shape index (κ1) is 19.2. The van der Waals surface area contributed by atoms with Gasteiger partial charge < -0.3 is 11.1 Å². The molecule has 4 aromatic rings. The Labute approximate surface area is 173 Å². The molecule has 2 amide bonds. The molecule has 0 fully saturated rings. The van der Waals surface area contributed by atoms with E-state index in [1.54, 1.807) is 6.07 Å². The maximum atomic E-state index is 12.8. The average molecular weight is 398 g/mol. The van der Waals surface area contributed by atoms with Crippen LogP contribution in [0, 0.1) is 6.92 Å². The highest BCUT2D eigenvalue weighted by Crippen LogP contribution is 2.17. The molecule has 0 radical (unpaired) electrons. The van der Waals surface area contributed by atoms with Gasteiger partial charge in [-0.1, -0.05) is 36.4 Å². The number of benzene rings is 3. The molecule has 1 heterocycles. The highest BCUT2D eigenvalue weighted by atomic mass is 16.2. The largest absolute Gasteiger partial charge is 0.368 e. The highest BCUT2D eigenvalue weighted by molar-refractivity contribution is 6.05. The van der Waals surface area contributed by atoms with Crippen LogP contribution in [0.1, 0.15) is 26.3 Å². The maximum Gasteiger partial charge on any atom is 0.347 e. The molecule has 7 heteroatoms. The summed E-state index contributed by atoms with van der Waals surface area (Å²) in [7, 11) is 0. The molecule has 30 heavy (non-hydrogen) atoms. The van der Waals surface area contributed by atoms with Crippen LogP contribution in [0.2, 0.25) is 0 Å². The van der Waals surface area contributed by atoms with E-state index in [4.69, 9.17) is 5.73 Å². The summed E-state index contributed by atoms with van der Waals surface area (Å²) in [5.74, 6) is -0.301. The van der Waals surface area contributed by atoms with Gasteiger partial charge in [-0.3, -0.25) is 4.79 Å². The molecule has 148 valence electrons. The van der Waals surface area contributed by atoms with E-state index in [-0.39, 0.29) is 17.8 Å². The van der Waals surface area contributed by atoms with Gasteiger partial charge in [0.1, 0.15) is 5.69 Å². The van der Waals surface area contributed by atoms with E-state index in [1.165, 1.54) is 17.7 Å².